The summed E-state index contributed by atoms with van der Waals surface area (Å²) < 4.78 is 0. The van der Waals surface area contributed by atoms with E-state index in [2.05, 4.69) is 5.32 Å². The van der Waals surface area contributed by atoms with Crippen molar-refractivity contribution in [2.75, 3.05) is 5.32 Å². The van der Waals surface area contributed by atoms with E-state index < -0.39 is 0 Å². The average molecular weight is 243 g/mol. The molecule has 92 valence electrons. The molecule has 1 amide bonds. The summed E-state index contributed by atoms with van der Waals surface area (Å²) in [5.74, 6) is -0.140. The minimum atomic E-state index is -0.259. The first-order valence-electron chi connectivity index (χ1n) is 5.49. The van der Waals surface area contributed by atoms with Crippen LogP contribution in [-0.2, 0) is 6.61 Å². The van der Waals surface area contributed by atoms with E-state index in [1.807, 2.05) is 0 Å². The van der Waals surface area contributed by atoms with Gasteiger partial charge in [-0.1, -0.05) is 12.1 Å². The van der Waals surface area contributed by atoms with E-state index in [-0.39, 0.29) is 18.3 Å². The second-order valence-corrected chi connectivity index (χ2v) is 3.86. The molecule has 0 saturated carbocycles. The predicted octanol–water partition coefficient (Wildman–Crippen LogP) is 2.14. The van der Waals surface area contributed by atoms with E-state index >= 15 is 0 Å². The second kappa shape index (κ2) is 5.33. The number of aliphatic hydroxyl groups is 1. The van der Waals surface area contributed by atoms with Gasteiger partial charge >= 0.3 is 0 Å². The molecule has 0 fully saturated rings. The van der Waals surface area contributed by atoms with Crippen molar-refractivity contribution in [1.29, 1.82) is 0 Å². The summed E-state index contributed by atoms with van der Waals surface area (Å²) in [6.45, 7) is -0.0665. The zero-order valence-electron chi connectivity index (χ0n) is 9.63. The molecule has 0 atom stereocenters. The predicted molar refractivity (Wildman–Crippen MR) is 68.4 cm³/mol. The summed E-state index contributed by atoms with van der Waals surface area (Å²) in [7, 11) is 0. The Morgan fingerprint density at radius 1 is 1.11 bits per heavy atom. The van der Waals surface area contributed by atoms with Crippen LogP contribution in [0.5, 0.6) is 5.75 Å². The van der Waals surface area contributed by atoms with Crippen LogP contribution in [-0.4, -0.2) is 16.1 Å². The smallest absolute Gasteiger partial charge is 0.255 e. The first-order valence-corrected chi connectivity index (χ1v) is 5.49. The van der Waals surface area contributed by atoms with Crippen LogP contribution in [0.2, 0.25) is 0 Å². The molecule has 0 aliphatic heterocycles. The van der Waals surface area contributed by atoms with Crippen molar-refractivity contribution in [2.45, 2.75) is 6.61 Å². The number of hydrogen-bond donors (Lipinski definition) is 3. The van der Waals surface area contributed by atoms with Gasteiger partial charge in [0.25, 0.3) is 5.91 Å². The molecule has 2 rings (SSSR count). The van der Waals surface area contributed by atoms with E-state index in [0.29, 0.717) is 11.3 Å². The van der Waals surface area contributed by atoms with Gasteiger partial charge in [-0.25, -0.2) is 0 Å². The molecular weight excluding hydrogens is 230 g/mol. The fourth-order valence-corrected chi connectivity index (χ4v) is 1.56. The number of amides is 1. The fraction of sp³-hybridized carbons (Fsp3) is 0.0714. The summed E-state index contributed by atoms with van der Waals surface area (Å²) in [6.07, 6.45) is 0. The van der Waals surface area contributed by atoms with Crippen LogP contribution in [0.1, 0.15) is 15.9 Å². The van der Waals surface area contributed by atoms with Crippen LogP contribution in [0.3, 0.4) is 0 Å². The highest BCUT2D eigenvalue weighted by molar-refractivity contribution is 6.04. The third-order valence-electron chi connectivity index (χ3n) is 2.50. The Balaban J connectivity index is 2.13. The van der Waals surface area contributed by atoms with Crippen molar-refractivity contribution in [3.05, 3.63) is 59.7 Å². The van der Waals surface area contributed by atoms with E-state index in [1.54, 1.807) is 36.4 Å². The topological polar surface area (TPSA) is 69.6 Å². The lowest BCUT2D eigenvalue weighted by Gasteiger charge is -2.06. The maximum absolute atomic E-state index is 11.9. The minimum Gasteiger partial charge on any atom is -0.508 e. The van der Waals surface area contributed by atoms with Crippen molar-refractivity contribution in [3.63, 3.8) is 0 Å². The molecule has 2 aromatic rings. The summed E-state index contributed by atoms with van der Waals surface area (Å²) in [5, 5.41) is 20.9. The first kappa shape index (κ1) is 12.1. The van der Waals surface area contributed by atoms with Crippen molar-refractivity contribution in [3.8, 4) is 5.75 Å². The minimum absolute atomic E-state index is 0.0665. The normalized spacial score (nSPS) is 10.1. The molecule has 0 heterocycles. The zero-order valence-corrected chi connectivity index (χ0v) is 9.63. The molecule has 18 heavy (non-hydrogen) atoms. The number of carbonyl (C=O) groups is 1. The molecule has 2 aromatic carbocycles. The summed E-state index contributed by atoms with van der Waals surface area (Å²) >= 11 is 0. The van der Waals surface area contributed by atoms with E-state index in [1.165, 1.54) is 12.1 Å². The van der Waals surface area contributed by atoms with E-state index in [9.17, 15) is 4.79 Å². The number of phenols is 1. The number of carbonyl (C=O) groups excluding carboxylic acids is 1. The van der Waals surface area contributed by atoms with Crippen molar-refractivity contribution >= 4 is 11.6 Å². The SMILES string of the molecule is O=C(Nc1cccc(CO)c1)c1ccc(O)cc1. The molecule has 4 nitrogen and oxygen atoms in total. The van der Waals surface area contributed by atoms with Gasteiger partial charge in [0.2, 0.25) is 0 Å². The zero-order chi connectivity index (χ0) is 13.0. The second-order valence-electron chi connectivity index (χ2n) is 3.86. The van der Waals surface area contributed by atoms with Crippen LogP contribution in [0.25, 0.3) is 0 Å². The molecule has 0 unspecified atom stereocenters. The Labute approximate surface area is 105 Å². The maximum Gasteiger partial charge on any atom is 0.255 e. The maximum atomic E-state index is 11.9. The molecule has 0 spiro atoms. The van der Waals surface area contributed by atoms with Gasteiger partial charge in [-0.3, -0.25) is 4.79 Å². The lowest BCUT2D eigenvalue weighted by Crippen LogP contribution is -2.11. The van der Waals surface area contributed by atoms with Crippen LogP contribution < -0.4 is 5.32 Å². The van der Waals surface area contributed by atoms with Gasteiger partial charge in [0.15, 0.2) is 0 Å². The van der Waals surface area contributed by atoms with Gasteiger partial charge in [0, 0.05) is 11.3 Å². The van der Waals surface area contributed by atoms with Gasteiger partial charge in [-0.05, 0) is 42.0 Å². The summed E-state index contributed by atoms with van der Waals surface area (Å²) in [5.41, 5.74) is 1.82. The highest BCUT2D eigenvalue weighted by Gasteiger charge is 2.06. The van der Waals surface area contributed by atoms with Gasteiger partial charge in [0.05, 0.1) is 6.61 Å². The largest absolute Gasteiger partial charge is 0.508 e. The number of rotatable bonds is 3. The lowest BCUT2D eigenvalue weighted by molar-refractivity contribution is 0.102. The van der Waals surface area contributed by atoms with E-state index in [0.717, 1.165) is 5.56 Å². The van der Waals surface area contributed by atoms with Crippen LogP contribution in [0.15, 0.2) is 48.5 Å². The Morgan fingerprint density at radius 3 is 2.50 bits per heavy atom. The first-order chi connectivity index (χ1) is 8.69. The number of benzene rings is 2. The Morgan fingerprint density at radius 2 is 1.83 bits per heavy atom. The number of phenolic OH excluding ortho intramolecular Hbond substituents is 1. The van der Waals surface area contributed by atoms with Crippen LogP contribution in [0.4, 0.5) is 5.69 Å². The highest BCUT2D eigenvalue weighted by Crippen LogP contribution is 2.14. The van der Waals surface area contributed by atoms with Crippen molar-refractivity contribution < 1.29 is 15.0 Å². The monoisotopic (exact) mass is 243 g/mol. The third-order valence-corrected chi connectivity index (χ3v) is 2.50. The molecular formula is C14H13NO3. The van der Waals surface area contributed by atoms with Gasteiger partial charge in [-0.2, -0.15) is 0 Å². The summed E-state index contributed by atoms with van der Waals surface area (Å²) in [6, 6.07) is 13.0. The molecule has 3 N–H and O–H groups in total. The quantitative estimate of drug-likeness (QED) is 0.773. The number of anilines is 1. The Hall–Kier alpha value is -2.33. The Bertz CT molecular complexity index is 549. The number of nitrogens with one attached hydrogen (secondary N) is 1. The van der Waals surface area contributed by atoms with E-state index in [4.69, 9.17) is 10.2 Å². The molecule has 0 saturated heterocycles. The Kier molecular flexibility index (Phi) is 3.60. The highest BCUT2D eigenvalue weighted by atomic mass is 16.3. The number of hydrogen-bond acceptors (Lipinski definition) is 3. The van der Waals surface area contributed by atoms with Crippen molar-refractivity contribution in [2.24, 2.45) is 0 Å². The van der Waals surface area contributed by atoms with Crippen LogP contribution >= 0.6 is 0 Å². The van der Waals surface area contributed by atoms with Crippen LogP contribution in [0, 0.1) is 0 Å². The molecule has 4 heteroatoms. The third kappa shape index (κ3) is 2.87. The number of aliphatic hydroxyl groups excluding tert-OH is 1. The van der Waals surface area contributed by atoms with Crippen molar-refractivity contribution in [1.82, 2.24) is 0 Å². The van der Waals surface area contributed by atoms with Gasteiger partial charge in [0.1, 0.15) is 5.75 Å². The standard InChI is InChI=1S/C14H13NO3/c16-9-10-2-1-3-12(8-10)15-14(18)11-4-6-13(17)7-5-11/h1-8,16-17H,9H2,(H,15,18). The lowest BCUT2D eigenvalue weighted by atomic mass is 10.2. The fourth-order valence-electron chi connectivity index (χ4n) is 1.56. The van der Waals surface area contributed by atoms with Gasteiger partial charge in [-0.15, -0.1) is 0 Å². The molecule has 0 aromatic heterocycles. The molecule has 0 bridgehead atoms. The average Bonchev–Trinajstić information content (AvgIpc) is 2.39. The summed E-state index contributed by atoms with van der Waals surface area (Å²) in [4.78, 5) is 11.9. The van der Waals surface area contributed by atoms with Gasteiger partial charge < -0.3 is 15.5 Å². The molecule has 0 radical (unpaired) electrons. The molecule has 0 aliphatic rings. The molecule has 0 aliphatic carbocycles. The number of aromatic hydroxyl groups is 1.